The molecular formula is C14H21NO3. The van der Waals surface area contributed by atoms with E-state index in [9.17, 15) is 5.11 Å². The molecule has 4 nitrogen and oxygen atoms in total. The van der Waals surface area contributed by atoms with Gasteiger partial charge in [0.25, 0.3) is 0 Å². The lowest BCUT2D eigenvalue weighted by atomic mass is 10.1. The number of ether oxygens (including phenoxy) is 2. The number of para-hydroxylation sites is 2. The molecule has 1 N–H and O–H groups in total. The predicted molar refractivity (Wildman–Crippen MR) is 70.2 cm³/mol. The fourth-order valence-corrected chi connectivity index (χ4v) is 2.26. The first-order chi connectivity index (χ1) is 8.79. The Hall–Kier alpha value is -1.26. The summed E-state index contributed by atoms with van der Waals surface area (Å²) in [5, 5.41) is 9.58. The smallest absolute Gasteiger partial charge is 0.161 e. The lowest BCUT2D eigenvalue weighted by Gasteiger charge is -2.29. The molecule has 1 saturated heterocycles. The Kier molecular flexibility index (Phi) is 4.84. The summed E-state index contributed by atoms with van der Waals surface area (Å²) in [6, 6.07) is 7.65. The number of aliphatic hydroxyl groups excluding tert-OH is 1. The Balaban J connectivity index is 1.77. The fraction of sp³-hybridized carbons (Fsp3) is 0.571. The van der Waals surface area contributed by atoms with Crippen molar-refractivity contribution in [2.45, 2.75) is 18.9 Å². The second-order valence-electron chi connectivity index (χ2n) is 4.60. The lowest BCUT2D eigenvalue weighted by Crippen LogP contribution is -2.40. The Morgan fingerprint density at radius 2 is 2.11 bits per heavy atom. The first-order valence-corrected chi connectivity index (χ1v) is 6.46. The Bertz CT molecular complexity index is 370. The van der Waals surface area contributed by atoms with Gasteiger partial charge in [-0.2, -0.15) is 0 Å². The van der Waals surface area contributed by atoms with Gasteiger partial charge in [0.1, 0.15) is 6.61 Å². The molecule has 2 rings (SSSR count). The van der Waals surface area contributed by atoms with Crippen LogP contribution in [-0.4, -0.2) is 49.5 Å². The van der Waals surface area contributed by atoms with Gasteiger partial charge in [-0.3, -0.25) is 4.90 Å². The van der Waals surface area contributed by atoms with Gasteiger partial charge in [-0.05, 0) is 31.5 Å². The Labute approximate surface area is 108 Å². The van der Waals surface area contributed by atoms with Gasteiger partial charge in [0.05, 0.1) is 13.2 Å². The summed E-state index contributed by atoms with van der Waals surface area (Å²) in [5.74, 6) is 1.54. The maximum Gasteiger partial charge on any atom is 0.161 e. The molecule has 0 amide bonds. The van der Waals surface area contributed by atoms with E-state index in [2.05, 4.69) is 4.90 Å². The van der Waals surface area contributed by atoms with E-state index >= 15 is 0 Å². The molecule has 1 heterocycles. The SMILES string of the molecule is COc1ccccc1OCCN1CCC[C@@H](O)C1. The van der Waals surface area contributed by atoms with E-state index in [0.29, 0.717) is 6.61 Å². The first-order valence-electron chi connectivity index (χ1n) is 6.46. The van der Waals surface area contributed by atoms with Crippen LogP contribution in [0.2, 0.25) is 0 Å². The number of nitrogens with zero attached hydrogens (tertiary/aromatic N) is 1. The van der Waals surface area contributed by atoms with Gasteiger partial charge >= 0.3 is 0 Å². The summed E-state index contributed by atoms with van der Waals surface area (Å²) < 4.78 is 10.9. The van der Waals surface area contributed by atoms with E-state index in [1.165, 1.54) is 0 Å². The number of rotatable bonds is 5. The number of hydrogen-bond donors (Lipinski definition) is 1. The largest absolute Gasteiger partial charge is 0.493 e. The predicted octanol–water partition coefficient (Wildman–Crippen LogP) is 1.53. The highest BCUT2D eigenvalue weighted by molar-refractivity contribution is 5.39. The van der Waals surface area contributed by atoms with Crippen molar-refractivity contribution in [1.82, 2.24) is 4.90 Å². The van der Waals surface area contributed by atoms with Gasteiger partial charge in [-0.1, -0.05) is 12.1 Å². The van der Waals surface area contributed by atoms with Gasteiger partial charge in [-0.25, -0.2) is 0 Å². The van der Waals surface area contributed by atoms with Crippen molar-refractivity contribution in [3.05, 3.63) is 24.3 Å². The van der Waals surface area contributed by atoms with E-state index in [4.69, 9.17) is 9.47 Å². The molecule has 1 fully saturated rings. The summed E-state index contributed by atoms with van der Waals surface area (Å²) >= 11 is 0. The normalized spacial score (nSPS) is 20.7. The van der Waals surface area contributed by atoms with Gasteiger partial charge in [0.2, 0.25) is 0 Å². The van der Waals surface area contributed by atoms with Crippen LogP contribution < -0.4 is 9.47 Å². The van der Waals surface area contributed by atoms with Crippen molar-refractivity contribution in [2.75, 3.05) is 33.4 Å². The molecule has 100 valence electrons. The second-order valence-corrected chi connectivity index (χ2v) is 4.60. The standard InChI is InChI=1S/C14H21NO3/c1-17-13-6-2-3-7-14(13)18-10-9-15-8-4-5-12(16)11-15/h2-3,6-7,12,16H,4-5,8-11H2,1H3/t12-/m1/s1. The van der Waals surface area contributed by atoms with E-state index in [0.717, 1.165) is 44.0 Å². The average molecular weight is 251 g/mol. The van der Waals surface area contributed by atoms with Crippen molar-refractivity contribution in [3.63, 3.8) is 0 Å². The molecule has 0 aromatic heterocycles. The third-order valence-corrected chi connectivity index (χ3v) is 3.21. The van der Waals surface area contributed by atoms with Crippen LogP contribution in [0.3, 0.4) is 0 Å². The summed E-state index contributed by atoms with van der Waals surface area (Å²) in [7, 11) is 1.64. The first kappa shape index (κ1) is 13.2. The minimum atomic E-state index is -0.176. The van der Waals surface area contributed by atoms with Gasteiger partial charge in [-0.15, -0.1) is 0 Å². The van der Waals surface area contributed by atoms with Crippen molar-refractivity contribution < 1.29 is 14.6 Å². The summed E-state index contributed by atoms with van der Waals surface area (Å²) in [6.45, 7) is 3.27. The number of benzene rings is 1. The number of β-amino-alcohol motifs (C(OH)–C–C–N with tert-alkyl or cyclic N) is 1. The van der Waals surface area contributed by atoms with Crippen LogP contribution >= 0.6 is 0 Å². The number of methoxy groups -OCH3 is 1. The molecule has 1 aliphatic rings. The van der Waals surface area contributed by atoms with Gasteiger partial charge < -0.3 is 14.6 Å². The quantitative estimate of drug-likeness (QED) is 0.861. The summed E-state index contributed by atoms with van der Waals surface area (Å²) in [6.07, 6.45) is 1.81. The van der Waals surface area contributed by atoms with Crippen LogP contribution in [0.25, 0.3) is 0 Å². The minimum absolute atomic E-state index is 0.176. The maximum absolute atomic E-state index is 9.58. The Morgan fingerprint density at radius 3 is 2.83 bits per heavy atom. The third-order valence-electron chi connectivity index (χ3n) is 3.21. The molecule has 0 spiro atoms. The second kappa shape index (κ2) is 6.61. The van der Waals surface area contributed by atoms with Gasteiger partial charge in [0.15, 0.2) is 11.5 Å². The minimum Gasteiger partial charge on any atom is -0.493 e. The molecule has 0 saturated carbocycles. The molecule has 0 aliphatic carbocycles. The lowest BCUT2D eigenvalue weighted by molar-refractivity contribution is 0.0630. The molecular weight excluding hydrogens is 230 g/mol. The number of likely N-dealkylation sites (tertiary alicyclic amines) is 1. The molecule has 4 heteroatoms. The zero-order valence-corrected chi connectivity index (χ0v) is 10.8. The van der Waals surface area contributed by atoms with Crippen LogP contribution in [0.4, 0.5) is 0 Å². The topological polar surface area (TPSA) is 41.9 Å². The molecule has 1 aromatic rings. The monoisotopic (exact) mass is 251 g/mol. The van der Waals surface area contributed by atoms with Crippen LogP contribution in [0.5, 0.6) is 11.5 Å². The van der Waals surface area contributed by atoms with Crippen LogP contribution in [0.1, 0.15) is 12.8 Å². The van der Waals surface area contributed by atoms with E-state index in [1.54, 1.807) is 7.11 Å². The van der Waals surface area contributed by atoms with Gasteiger partial charge in [0, 0.05) is 13.1 Å². The van der Waals surface area contributed by atoms with E-state index < -0.39 is 0 Å². The molecule has 0 radical (unpaired) electrons. The summed E-state index contributed by atoms with van der Waals surface area (Å²) in [4.78, 5) is 2.24. The molecule has 0 unspecified atom stereocenters. The highest BCUT2D eigenvalue weighted by Gasteiger charge is 2.17. The maximum atomic E-state index is 9.58. The van der Waals surface area contributed by atoms with Crippen molar-refractivity contribution in [1.29, 1.82) is 0 Å². The van der Waals surface area contributed by atoms with Crippen LogP contribution in [-0.2, 0) is 0 Å². The zero-order valence-electron chi connectivity index (χ0n) is 10.8. The molecule has 18 heavy (non-hydrogen) atoms. The fourth-order valence-electron chi connectivity index (χ4n) is 2.26. The number of piperidine rings is 1. The molecule has 1 aromatic carbocycles. The van der Waals surface area contributed by atoms with Crippen LogP contribution in [0, 0.1) is 0 Å². The number of hydrogen-bond acceptors (Lipinski definition) is 4. The van der Waals surface area contributed by atoms with E-state index in [1.807, 2.05) is 24.3 Å². The van der Waals surface area contributed by atoms with Crippen LogP contribution in [0.15, 0.2) is 24.3 Å². The Morgan fingerprint density at radius 1 is 1.33 bits per heavy atom. The zero-order chi connectivity index (χ0) is 12.8. The number of aliphatic hydroxyl groups is 1. The average Bonchev–Trinajstić information content (AvgIpc) is 2.39. The highest BCUT2D eigenvalue weighted by atomic mass is 16.5. The summed E-state index contributed by atoms with van der Waals surface area (Å²) in [5.41, 5.74) is 0. The van der Waals surface area contributed by atoms with E-state index in [-0.39, 0.29) is 6.10 Å². The third kappa shape index (κ3) is 3.62. The van der Waals surface area contributed by atoms with Crippen molar-refractivity contribution >= 4 is 0 Å². The van der Waals surface area contributed by atoms with Crippen molar-refractivity contribution in [3.8, 4) is 11.5 Å². The van der Waals surface area contributed by atoms with Crippen molar-refractivity contribution in [2.24, 2.45) is 0 Å². The highest BCUT2D eigenvalue weighted by Crippen LogP contribution is 2.25. The molecule has 0 bridgehead atoms. The molecule has 1 atom stereocenters. The molecule has 1 aliphatic heterocycles.